The highest BCUT2D eigenvalue weighted by atomic mass is 32.2. The maximum Gasteiger partial charge on any atom is 0.337 e. The number of carbonyl (C=O) groups excluding carboxylic acids is 2. The molecule has 0 aromatic heterocycles. The average Bonchev–Trinajstić information content (AvgIpc) is 2.61. The van der Waals surface area contributed by atoms with E-state index in [-0.39, 0.29) is 17.8 Å². The highest BCUT2D eigenvalue weighted by molar-refractivity contribution is 7.92. The molecule has 0 aliphatic heterocycles. The number of benzene rings is 2. The number of para-hydroxylation sites is 1. The van der Waals surface area contributed by atoms with E-state index in [1.807, 2.05) is 32.0 Å². The Hall–Kier alpha value is -2.87. The van der Waals surface area contributed by atoms with E-state index in [2.05, 4.69) is 10.1 Å². The number of carbonyl (C=O) groups is 2. The first-order valence-electron chi connectivity index (χ1n) is 8.15. The molecule has 0 aliphatic carbocycles. The van der Waals surface area contributed by atoms with E-state index in [1.54, 1.807) is 0 Å². The lowest BCUT2D eigenvalue weighted by Gasteiger charge is -2.22. The first kappa shape index (κ1) is 20.4. The Morgan fingerprint density at radius 2 is 1.59 bits per heavy atom. The molecule has 0 saturated carbocycles. The number of nitrogens with zero attached hydrogens (tertiary/aromatic N) is 1. The largest absolute Gasteiger partial charge is 0.465 e. The van der Waals surface area contributed by atoms with E-state index in [1.165, 1.54) is 31.4 Å². The van der Waals surface area contributed by atoms with Crippen LogP contribution < -0.4 is 9.62 Å². The molecular formula is C19H22N2O5S. The van der Waals surface area contributed by atoms with Crippen LogP contribution in [0.25, 0.3) is 0 Å². The summed E-state index contributed by atoms with van der Waals surface area (Å²) < 4.78 is 30.0. The summed E-state index contributed by atoms with van der Waals surface area (Å²) in [7, 11) is -2.45. The van der Waals surface area contributed by atoms with Crippen LogP contribution in [0.3, 0.4) is 0 Å². The molecule has 0 radical (unpaired) electrons. The molecule has 8 heteroatoms. The van der Waals surface area contributed by atoms with Gasteiger partial charge < -0.3 is 10.1 Å². The summed E-state index contributed by atoms with van der Waals surface area (Å²) in [6.45, 7) is 3.34. The quantitative estimate of drug-likeness (QED) is 0.765. The van der Waals surface area contributed by atoms with Gasteiger partial charge in [-0.25, -0.2) is 13.2 Å². The molecule has 144 valence electrons. The summed E-state index contributed by atoms with van der Waals surface area (Å²) in [5.41, 5.74) is 3.00. The lowest BCUT2D eigenvalue weighted by Crippen LogP contribution is -2.37. The van der Waals surface area contributed by atoms with Crippen LogP contribution in [0.2, 0.25) is 0 Å². The number of hydrogen-bond donors (Lipinski definition) is 1. The number of amides is 1. The van der Waals surface area contributed by atoms with Crippen LogP contribution >= 0.6 is 0 Å². The zero-order chi connectivity index (χ0) is 20.2. The van der Waals surface area contributed by atoms with Gasteiger partial charge in [-0.15, -0.1) is 0 Å². The molecule has 2 aromatic rings. The van der Waals surface area contributed by atoms with Crippen molar-refractivity contribution >= 4 is 33.3 Å². The van der Waals surface area contributed by atoms with Crippen LogP contribution in [0.15, 0.2) is 42.5 Å². The highest BCUT2D eigenvalue weighted by Gasteiger charge is 2.22. The van der Waals surface area contributed by atoms with Gasteiger partial charge >= 0.3 is 5.97 Å². The first-order valence-corrected chi connectivity index (χ1v) is 10.0. The zero-order valence-electron chi connectivity index (χ0n) is 15.6. The highest BCUT2D eigenvalue weighted by Crippen LogP contribution is 2.21. The van der Waals surface area contributed by atoms with Gasteiger partial charge in [0.05, 0.1) is 24.6 Å². The summed E-state index contributed by atoms with van der Waals surface area (Å²) in [6, 6.07) is 11.4. The Bertz CT molecular complexity index is 932. The van der Waals surface area contributed by atoms with Gasteiger partial charge in [0.15, 0.2) is 0 Å². The second-order valence-electron chi connectivity index (χ2n) is 6.12. The van der Waals surface area contributed by atoms with Crippen LogP contribution in [-0.2, 0) is 19.6 Å². The standard InChI is InChI=1S/C19H22N2O5S/c1-13-6-5-7-14(2)18(13)20-17(22)12-21(27(4,24)25)16-10-8-15(9-11-16)19(23)26-3/h5-11H,12H2,1-4H3,(H,20,22). The van der Waals surface area contributed by atoms with Crippen LogP contribution in [0.4, 0.5) is 11.4 Å². The van der Waals surface area contributed by atoms with Crippen molar-refractivity contribution in [3.8, 4) is 0 Å². The van der Waals surface area contributed by atoms with Crippen molar-refractivity contribution in [2.45, 2.75) is 13.8 Å². The van der Waals surface area contributed by atoms with E-state index in [0.29, 0.717) is 5.69 Å². The lowest BCUT2D eigenvalue weighted by atomic mass is 10.1. The molecule has 0 unspecified atom stereocenters. The molecule has 2 aromatic carbocycles. The Morgan fingerprint density at radius 1 is 1.04 bits per heavy atom. The van der Waals surface area contributed by atoms with Crippen molar-refractivity contribution in [1.82, 2.24) is 0 Å². The predicted octanol–water partition coefficient (Wildman–Crippen LogP) is 2.49. The van der Waals surface area contributed by atoms with Gasteiger partial charge in [0.1, 0.15) is 6.54 Å². The number of hydrogen-bond acceptors (Lipinski definition) is 5. The number of sulfonamides is 1. The number of aryl methyl sites for hydroxylation is 2. The number of nitrogens with one attached hydrogen (secondary N) is 1. The van der Waals surface area contributed by atoms with Crippen molar-refractivity contribution < 1.29 is 22.7 Å². The second-order valence-corrected chi connectivity index (χ2v) is 8.03. The van der Waals surface area contributed by atoms with Gasteiger partial charge in [-0.05, 0) is 49.2 Å². The van der Waals surface area contributed by atoms with Crippen molar-refractivity contribution in [3.63, 3.8) is 0 Å². The number of rotatable bonds is 6. The molecular weight excluding hydrogens is 368 g/mol. The summed E-state index contributed by atoms with van der Waals surface area (Å²) in [4.78, 5) is 24.0. The van der Waals surface area contributed by atoms with Gasteiger partial charge in [-0.3, -0.25) is 9.10 Å². The Labute approximate surface area is 159 Å². The fourth-order valence-corrected chi connectivity index (χ4v) is 3.46. The smallest absolute Gasteiger partial charge is 0.337 e. The van der Waals surface area contributed by atoms with Gasteiger partial charge in [0.25, 0.3) is 0 Å². The molecule has 7 nitrogen and oxygen atoms in total. The van der Waals surface area contributed by atoms with E-state index in [9.17, 15) is 18.0 Å². The number of anilines is 2. The normalized spacial score (nSPS) is 11.0. The SMILES string of the molecule is COC(=O)c1ccc(N(CC(=O)Nc2c(C)cccc2C)S(C)(=O)=O)cc1. The van der Waals surface area contributed by atoms with Crippen LogP contribution in [0, 0.1) is 13.8 Å². The molecule has 0 bridgehead atoms. The van der Waals surface area contributed by atoms with Crippen molar-refractivity contribution in [3.05, 3.63) is 59.2 Å². The second kappa shape index (κ2) is 8.22. The molecule has 1 amide bonds. The van der Waals surface area contributed by atoms with Gasteiger partial charge in [-0.1, -0.05) is 18.2 Å². The van der Waals surface area contributed by atoms with E-state index in [4.69, 9.17) is 0 Å². The fraction of sp³-hybridized carbons (Fsp3) is 0.263. The predicted molar refractivity (Wildman–Crippen MR) is 105 cm³/mol. The monoisotopic (exact) mass is 390 g/mol. The molecule has 0 aliphatic rings. The van der Waals surface area contributed by atoms with Crippen molar-refractivity contribution in [1.29, 1.82) is 0 Å². The number of ether oxygens (including phenoxy) is 1. The molecule has 27 heavy (non-hydrogen) atoms. The van der Waals surface area contributed by atoms with Crippen LogP contribution in [-0.4, -0.2) is 40.2 Å². The third kappa shape index (κ3) is 5.07. The van der Waals surface area contributed by atoms with E-state index in [0.717, 1.165) is 21.7 Å². The molecule has 0 heterocycles. The molecule has 1 N–H and O–H groups in total. The molecule has 0 fully saturated rings. The molecule has 0 spiro atoms. The number of methoxy groups -OCH3 is 1. The Balaban J connectivity index is 2.25. The third-order valence-corrected chi connectivity index (χ3v) is 5.15. The van der Waals surface area contributed by atoms with Gasteiger partial charge in [-0.2, -0.15) is 0 Å². The Kier molecular flexibility index (Phi) is 6.22. The average molecular weight is 390 g/mol. The summed E-state index contributed by atoms with van der Waals surface area (Å²) in [6.07, 6.45) is 1.02. The summed E-state index contributed by atoms with van der Waals surface area (Å²) >= 11 is 0. The van der Waals surface area contributed by atoms with Crippen LogP contribution in [0.5, 0.6) is 0 Å². The maximum absolute atomic E-state index is 12.5. The summed E-state index contributed by atoms with van der Waals surface area (Å²) in [5, 5.41) is 2.77. The van der Waals surface area contributed by atoms with Crippen molar-refractivity contribution in [2.75, 3.05) is 29.5 Å². The van der Waals surface area contributed by atoms with Gasteiger partial charge in [0.2, 0.25) is 15.9 Å². The van der Waals surface area contributed by atoms with Crippen LogP contribution in [0.1, 0.15) is 21.5 Å². The molecule has 0 saturated heterocycles. The summed E-state index contributed by atoms with van der Waals surface area (Å²) in [5.74, 6) is -0.991. The first-order chi connectivity index (χ1) is 12.6. The fourth-order valence-electron chi connectivity index (χ4n) is 2.60. The number of esters is 1. The lowest BCUT2D eigenvalue weighted by molar-refractivity contribution is -0.114. The minimum atomic E-state index is -3.71. The van der Waals surface area contributed by atoms with Crippen molar-refractivity contribution in [2.24, 2.45) is 0 Å². The van der Waals surface area contributed by atoms with Gasteiger partial charge in [0, 0.05) is 5.69 Å². The minimum Gasteiger partial charge on any atom is -0.465 e. The minimum absolute atomic E-state index is 0.279. The van der Waals surface area contributed by atoms with E-state index >= 15 is 0 Å². The third-order valence-electron chi connectivity index (χ3n) is 4.01. The Morgan fingerprint density at radius 3 is 2.07 bits per heavy atom. The zero-order valence-corrected chi connectivity index (χ0v) is 16.5. The maximum atomic E-state index is 12.5. The van der Waals surface area contributed by atoms with E-state index < -0.39 is 21.9 Å². The molecule has 2 rings (SSSR count). The topological polar surface area (TPSA) is 92.8 Å². The molecule has 0 atom stereocenters.